The van der Waals surface area contributed by atoms with Crippen molar-refractivity contribution in [2.75, 3.05) is 0 Å². The third-order valence-electron chi connectivity index (χ3n) is 2.73. The summed E-state index contributed by atoms with van der Waals surface area (Å²) in [4.78, 5) is 0. The summed E-state index contributed by atoms with van der Waals surface area (Å²) in [5.74, 6) is 0.716. The van der Waals surface area contributed by atoms with Gasteiger partial charge in [0.25, 0.3) is 0 Å². The van der Waals surface area contributed by atoms with E-state index in [1.165, 1.54) is 17.5 Å². The van der Waals surface area contributed by atoms with Gasteiger partial charge in [0.05, 0.1) is 6.20 Å². The van der Waals surface area contributed by atoms with Crippen LogP contribution in [0.15, 0.2) is 41.1 Å². The number of aromatic nitrogens is 2. The van der Waals surface area contributed by atoms with Crippen LogP contribution in [0.2, 0.25) is 0 Å². The van der Waals surface area contributed by atoms with Crippen molar-refractivity contribution in [3.8, 4) is 11.1 Å². The molecule has 2 rings (SSSR count). The highest BCUT2D eigenvalue weighted by atomic mass is 79.9. The van der Waals surface area contributed by atoms with Gasteiger partial charge in [0, 0.05) is 22.8 Å². The topological polar surface area (TPSA) is 17.8 Å². The summed E-state index contributed by atoms with van der Waals surface area (Å²) in [7, 11) is 0. The van der Waals surface area contributed by atoms with Gasteiger partial charge in [0.2, 0.25) is 0 Å². The number of hydrogen-bond acceptors (Lipinski definition) is 1. The van der Waals surface area contributed by atoms with Crippen LogP contribution in [0.1, 0.15) is 20.3 Å². The molecule has 0 aliphatic carbocycles. The third kappa shape index (κ3) is 3.43. The average Bonchev–Trinajstić information content (AvgIpc) is 2.75. The monoisotopic (exact) mass is 292 g/mol. The molecule has 1 aromatic heterocycles. The molecule has 1 heterocycles. The molecule has 0 unspecified atom stereocenters. The van der Waals surface area contributed by atoms with E-state index >= 15 is 0 Å². The Kier molecular flexibility index (Phi) is 4.00. The van der Waals surface area contributed by atoms with E-state index in [-0.39, 0.29) is 0 Å². The van der Waals surface area contributed by atoms with Crippen LogP contribution in [0.4, 0.5) is 0 Å². The van der Waals surface area contributed by atoms with Crippen LogP contribution in [0.3, 0.4) is 0 Å². The normalized spacial score (nSPS) is 11.1. The molecule has 2 nitrogen and oxygen atoms in total. The summed E-state index contributed by atoms with van der Waals surface area (Å²) < 4.78 is 3.13. The molecule has 2 aromatic rings. The standard InChI is InChI=1S/C14H17BrN2/c1-11(2)6-7-17-10-13(9-16-17)12-4-3-5-14(15)8-12/h3-5,8-11H,6-7H2,1-2H3. The Balaban J connectivity index is 2.12. The van der Waals surface area contributed by atoms with E-state index in [9.17, 15) is 0 Å². The molecule has 0 N–H and O–H groups in total. The molecule has 0 saturated heterocycles. The van der Waals surface area contributed by atoms with Gasteiger partial charge < -0.3 is 0 Å². The van der Waals surface area contributed by atoms with Crippen molar-refractivity contribution in [3.05, 3.63) is 41.1 Å². The van der Waals surface area contributed by atoms with Crippen LogP contribution in [-0.2, 0) is 6.54 Å². The molecule has 0 aliphatic rings. The summed E-state index contributed by atoms with van der Waals surface area (Å²) in [6.07, 6.45) is 5.21. The van der Waals surface area contributed by atoms with Crippen LogP contribution >= 0.6 is 15.9 Å². The minimum atomic E-state index is 0.716. The van der Waals surface area contributed by atoms with E-state index in [4.69, 9.17) is 0 Å². The van der Waals surface area contributed by atoms with E-state index in [1.807, 2.05) is 23.0 Å². The Bertz CT molecular complexity index is 488. The van der Waals surface area contributed by atoms with Crippen molar-refractivity contribution in [1.82, 2.24) is 9.78 Å². The molecule has 90 valence electrons. The maximum atomic E-state index is 4.40. The highest BCUT2D eigenvalue weighted by Crippen LogP contribution is 2.22. The molecule has 3 heteroatoms. The summed E-state index contributed by atoms with van der Waals surface area (Å²) in [5, 5.41) is 4.40. The SMILES string of the molecule is CC(C)CCn1cc(-c2cccc(Br)c2)cn1. The number of benzene rings is 1. The second kappa shape index (κ2) is 5.50. The first kappa shape index (κ1) is 12.4. The van der Waals surface area contributed by atoms with Gasteiger partial charge >= 0.3 is 0 Å². The number of halogens is 1. The van der Waals surface area contributed by atoms with Gasteiger partial charge in [-0.05, 0) is 30.0 Å². The zero-order valence-electron chi connectivity index (χ0n) is 10.2. The first-order valence-corrected chi connectivity index (χ1v) is 6.73. The summed E-state index contributed by atoms with van der Waals surface area (Å²) in [6.45, 7) is 5.46. The Hall–Kier alpha value is -1.09. The van der Waals surface area contributed by atoms with Gasteiger partial charge in [0.1, 0.15) is 0 Å². The number of rotatable bonds is 4. The molecule has 0 fully saturated rings. The third-order valence-corrected chi connectivity index (χ3v) is 3.22. The largest absolute Gasteiger partial charge is 0.272 e. The van der Waals surface area contributed by atoms with Crippen molar-refractivity contribution in [1.29, 1.82) is 0 Å². The highest BCUT2D eigenvalue weighted by Gasteiger charge is 2.03. The van der Waals surface area contributed by atoms with Crippen molar-refractivity contribution in [3.63, 3.8) is 0 Å². The quantitative estimate of drug-likeness (QED) is 0.819. The fourth-order valence-electron chi connectivity index (χ4n) is 1.69. The fraction of sp³-hybridized carbons (Fsp3) is 0.357. The van der Waals surface area contributed by atoms with Crippen LogP contribution in [0.25, 0.3) is 11.1 Å². The van der Waals surface area contributed by atoms with E-state index in [2.05, 4.69) is 53.2 Å². The Labute approximate surface area is 111 Å². The molecule has 0 radical (unpaired) electrons. The van der Waals surface area contributed by atoms with Gasteiger partial charge in [-0.1, -0.05) is 41.9 Å². The minimum absolute atomic E-state index is 0.716. The summed E-state index contributed by atoms with van der Waals surface area (Å²) in [5.41, 5.74) is 2.38. The van der Waals surface area contributed by atoms with Gasteiger partial charge in [-0.15, -0.1) is 0 Å². The molecule has 17 heavy (non-hydrogen) atoms. The van der Waals surface area contributed by atoms with E-state index < -0.39 is 0 Å². The zero-order valence-corrected chi connectivity index (χ0v) is 11.8. The van der Waals surface area contributed by atoms with Crippen molar-refractivity contribution in [2.45, 2.75) is 26.8 Å². The van der Waals surface area contributed by atoms with Crippen LogP contribution in [-0.4, -0.2) is 9.78 Å². The van der Waals surface area contributed by atoms with Crippen LogP contribution in [0, 0.1) is 5.92 Å². The number of nitrogens with zero attached hydrogens (tertiary/aromatic N) is 2. The lowest BCUT2D eigenvalue weighted by atomic mass is 10.1. The molecular formula is C14H17BrN2. The molecular weight excluding hydrogens is 276 g/mol. The zero-order chi connectivity index (χ0) is 12.3. The van der Waals surface area contributed by atoms with E-state index in [0.29, 0.717) is 5.92 Å². The molecule has 1 aromatic carbocycles. The van der Waals surface area contributed by atoms with Crippen molar-refractivity contribution in [2.24, 2.45) is 5.92 Å². The van der Waals surface area contributed by atoms with Gasteiger partial charge in [-0.25, -0.2) is 0 Å². The smallest absolute Gasteiger partial charge is 0.0568 e. The Morgan fingerprint density at radius 3 is 2.82 bits per heavy atom. The summed E-state index contributed by atoms with van der Waals surface area (Å²) in [6, 6.07) is 8.30. The predicted molar refractivity (Wildman–Crippen MR) is 74.8 cm³/mol. The highest BCUT2D eigenvalue weighted by molar-refractivity contribution is 9.10. The van der Waals surface area contributed by atoms with Crippen molar-refractivity contribution < 1.29 is 0 Å². The Morgan fingerprint density at radius 2 is 2.12 bits per heavy atom. The average molecular weight is 293 g/mol. The molecule has 0 spiro atoms. The van der Waals surface area contributed by atoms with E-state index in [1.54, 1.807) is 0 Å². The fourth-order valence-corrected chi connectivity index (χ4v) is 2.09. The second-order valence-electron chi connectivity index (χ2n) is 4.68. The maximum absolute atomic E-state index is 4.40. The van der Waals surface area contributed by atoms with Crippen molar-refractivity contribution >= 4 is 15.9 Å². The first-order valence-electron chi connectivity index (χ1n) is 5.93. The van der Waals surface area contributed by atoms with Gasteiger partial charge in [0.15, 0.2) is 0 Å². The van der Waals surface area contributed by atoms with Crippen LogP contribution in [0.5, 0.6) is 0 Å². The summed E-state index contributed by atoms with van der Waals surface area (Å²) >= 11 is 3.49. The molecule has 0 atom stereocenters. The second-order valence-corrected chi connectivity index (χ2v) is 5.60. The Morgan fingerprint density at radius 1 is 1.29 bits per heavy atom. The lowest BCUT2D eigenvalue weighted by Crippen LogP contribution is -2.01. The van der Waals surface area contributed by atoms with E-state index in [0.717, 1.165) is 11.0 Å². The number of aryl methyl sites for hydroxylation is 1. The predicted octanol–water partition coefficient (Wildman–Crippen LogP) is 4.36. The first-order chi connectivity index (χ1) is 8.15. The molecule has 0 saturated carbocycles. The lowest BCUT2D eigenvalue weighted by Gasteiger charge is -2.03. The molecule has 0 bridgehead atoms. The molecule has 0 amide bonds. The maximum Gasteiger partial charge on any atom is 0.0568 e. The number of hydrogen-bond donors (Lipinski definition) is 0. The van der Waals surface area contributed by atoms with Gasteiger partial charge in [-0.3, -0.25) is 4.68 Å². The minimum Gasteiger partial charge on any atom is -0.272 e. The molecule has 0 aliphatic heterocycles. The van der Waals surface area contributed by atoms with Crippen LogP contribution < -0.4 is 0 Å². The van der Waals surface area contributed by atoms with Gasteiger partial charge in [-0.2, -0.15) is 5.10 Å². The lowest BCUT2D eigenvalue weighted by molar-refractivity contribution is 0.487.